The minimum absolute atomic E-state index is 0.124. The van der Waals surface area contributed by atoms with E-state index < -0.39 is 15.9 Å². The maximum atomic E-state index is 13.0. The molecule has 1 amide bonds. The lowest BCUT2D eigenvalue weighted by molar-refractivity contribution is 0.0951. The van der Waals surface area contributed by atoms with Gasteiger partial charge in [0.15, 0.2) is 9.84 Å². The van der Waals surface area contributed by atoms with Gasteiger partial charge in [-0.2, -0.15) is 0 Å². The van der Waals surface area contributed by atoms with Gasteiger partial charge in [-0.05, 0) is 37.3 Å². The Labute approximate surface area is 136 Å². The number of carbonyl (C=O) groups excluding carboxylic acids is 1. The molecule has 2 heterocycles. The van der Waals surface area contributed by atoms with Crippen LogP contribution < -0.4 is 5.32 Å². The molecule has 8 heteroatoms. The second kappa shape index (κ2) is 5.86. The number of thiazole rings is 1. The molecule has 1 aliphatic heterocycles. The zero-order valence-electron chi connectivity index (χ0n) is 12.1. The number of carbonyl (C=O) groups is 1. The number of benzene rings is 1. The first kappa shape index (κ1) is 15.8. The minimum atomic E-state index is -3.22. The van der Waals surface area contributed by atoms with Gasteiger partial charge in [0, 0.05) is 11.0 Å². The first-order valence-corrected chi connectivity index (χ1v) is 9.32. The third-order valence-electron chi connectivity index (χ3n) is 3.34. The number of amides is 1. The minimum Gasteiger partial charge on any atom is -0.344 e. The number of halogens is 1. The molecule has 0 saturated carbocycles. The molecule has 1 aromatic carbocycles. The van der Waals surface area contributed by atoms with Crippen molar-refractivity contribution < 1.29 is 17.6 Å². The van der Waals surface area contributed by atoms with Crippen LogP contribution in [0.4, 0.5) is 4.39 Å². The summed E-state index contributed by atoms with van der Waals surface area (Å²) in [6.07, 6.45) is 1.46. The van der Waals surface area contributed by atoms with Gasteiger partial charge < -0.3 is 5.32 Å². The Bertz CT molecular complexity index is 886. The summed E-state index contributed by atoms with van der Waals surface area (Å²) in [6.45, 7) is 1.71. The SMILES string of the molecule is Cc1nc(-c2ccc(F)cc2)sc1C(=O)N[C@H]1C=CS(=O)(=O)C1. The molecule has 1 aliphatic rings. The number of nitrogens with one attached hydrogen (secondary N) is 1. The highest BCUT2D eigenvalue weighted by atomic mass is 32.2. The molecule has 1 atom stereocenters. The summed E-state index contributed by atoms with van der Waals surface area (Å²) in [5.74, 6) is -0.823. The highest BCUT2D eigenvalue weighted by Crippen LogP contribution is 2.28. The Kier molecular flexibility index (Phi) is 4.03. The fourth-order valence-corrected chi connectivity index (χ4v) is 4.43. The smallest absolute Gasteiger partial charge is 0.263 e. The van der Waals surface area contributed by atoms with Crippen LogP contribution in [-0.2, 0) is 9.84 Å². The summed E-state index contributed by atoms with van der Waals surface area (Å²) in [7, 11) is -3.22. The topological polar surface area (TPSA) is 76.1 Å². The van der Waals surface area contributed by atoms with Gasteiger partial charge in [-0.15, -0.1) is 11.3 Å². The normalized spacial score (nSPS) is 19.0. The van der Waals surface area contributed by atoms with Crippen LogP contribution in [0, 0.1) is 12.7 Å². The monoisotopic (exact) mass is 352 g/mol. The average Bonchev–Trinajstić information content (AvgIpc) is 3.02. The molecule has 5 nitrogen and oxygen atoms in total. The Hall–Kier alpha value is -2.06. The molecular formula is C15H13FN2O3S2. The summed E-state index contributed by atoms with van der Waals surface area (Å²) >= 11 is 1.19. The molecule has 120 valence electrons. The lowest BCUT2D eigenvalue weighted by Crippen LogP contribution is -2.35. The highest BCUT2D eigenvalue weighted by molar-refractivity contribution is 7.94. The van der Waals surface area contributed by atoms with Gasteiger partial charge in [-0.25, -0.2) is 17.8 Å². The molecule has 0 fully saturated rings. The van der Waals surface area contributed by atoms with E-state index in [0.29, 0.717) is 15.6 Å². The number of sulfone groups is 1. The lowest BCUT2D eigenvalue weighted by atomic mass is 10.2. The van der Waals surface area contributed by atoms with Crippen molar-refractivity contribution in [3.8, 4) is 10.6 Å². The molecule has 0 unspecified atom stereocenters. The quantitative estimate of drug-likeness (QED) is 0.920. The molecular weight excluding hydrogens is 339 g/mol. The van der Waals surface area contributed by atoms with Crippen molar-refractivity contribution >= 4 is 27.1 Å². The van der Waals surface area contributed by atoms with Gasteiger partial charge in [0.1, 0.15) is 15.7 Å². The number of hydrogen-bond donors (Lipinski definition) is 1. The first-order chi connectivity index (χ1) is 10.8. The number of aryl methyl sites for hydroxylation is 1. The van der Waals surface area contributed by atoms with Crippen LogP contribution in [0.25, 0.3) is 10.6 Å². The van der Waals surface area contributed by atoms with Crippen molar-refractivity contribution in [2.24, 2.45) is 0 Å². The zero-order valence-corrected chi connectivity index (χ0v) is 13.7. The first-order valence-electron chi connectivity index (χ1n) is 6.79. The summed E-state index contributed by atoms with van der Waals surface area (Å²) in [5.41, 5.74) is 1.28. The maximum Gasteiger partial charge on any atom is 0.263 e. The van der Waals surface area contributed by atoms with E-state index in [4.69, 9.17) is 0 Å². The van der Waals surface area contributed by atoms with Crippen molar-refractivity contribution in [2.45, 2.75) is 13.0 Å². The number of nitrogens with zero attached hydrogens (tertiary/aromatic N) is 1. The zero-order chi connectivity index (χ0) is 16.6. The second-order valence-corrected chi connectivity index (χ2v) is 8.11. The van der Waals surface area contributed by atoms with Crippen LogP contribution in [0.1, 0.15) is 15.4 Å². The third kappa shape index (κ3) is 3.48. The summed E-state index contributed by atoms with van der Waals surface area (Å²) in [5, 5.41) is 4.40. The van der Waals surface area contributed by atoms with E-state index in [1.807, 2.05) is 0 Å². The third-order valence-corrected chi connectivity index (χ3v) is 5.94. The van der Waals surface area contributed by atoms with Crippen LogP contribution in [0.3, 0.4) is 0 Å². The van der Waals surface area contributed by atoms with Crippen molar-refractivity contribution in [2.75, 3.05) is 5.75 Å². The fraction of sp³-hybridized carbons (Fsp3) is 0.200. The van der Waals surface area contributed by atoms with Crippen molar-refractivity contribution in [3.05, 3.63) is 52.1 Å². The van der Waals surface area contributed by atoms with Gasteiger partial charge in [-0.3, -0.25) is 4.79 Å². The van der Waals surface area contributed by atoms with E-state index in [2.05, 4.69) is 10.3 Å². The molecule has 1 aromatic heterocycles. The fourth-order valence-electron chi connectivity index (χ4n) is 2.22. The van der Waals surface area contributed by atoms with Crippen LogP contribution >= 0.6 is 11.3 Å². The number of rotatable bonds is 3. The highest BCUT2D eigenvalue weighted by Gasteiger charge is 2.25. The molecule has 0 bridgehead atoms. The van der Waals surface area contributed by atoms with Gasteiger partial charge in [0.2, 0.25) is 0 Å². The summed E-state index contributed by atoms with van der Waals surface area (Å²) in [4.78, 5) is 17.1. The van der Waals surface area contributed by atoms with Crippen LogP contribution in [0.15, 0.2) is 35.7 Å². The van der Waals surface area contributed by atoms with Gasteiger partial charge in [0.25, 0.3) is 5.91 Å². The molecule has 0 spiro atoms. The molecule has 0 aliphatic carbocycles. The predicted molar refractivity (Wildman–Crippen MR) is 86.4 cm³/mol. The van der Waals surface area contributed by atoms with E-state index in [9.17, 15) is 17.6 Å². The Balaban J connectivity index is 1.79. The van der Waals surface area contributed by atoms with E-state index in [-0.39, 0.29) is 17.5 Å². The molecule has 0 radical (unpaired) electrons. The molecule has 3 rings (SSSR count). The second-order valence-electron chi connectivity index (χ2n) is 5.18. The van der Waals surface area contributed by atoms with E-state index >= 15 is 0 Å². The van der Waals surface area contributed by atoms with E-state index in [1.54, 1.807) is 19.1 Å². The molecule has 23 heavy (non-hydrogen) atoms. The molecule has 0 saturated heterocycles. The Morgan fingerprint density at radius 2 is 2.04 bits per heavy atom. The number of hydrogen-bond acceptors (Lipinski definition) is 5. The average molecular weight is 352 g/mol. The summed E-state index contributed by atoms with van der Waals surface area (Å²) < 4.78 is 35.7. The van der Waals surface area contributed by atoms with Gasteiger partial charge in [0.05, 0.1) is 17.5 Å². The van der Waals surface area contributed by atoms with Crippen molar-refractivity contribution in [1.82, 2.24) is 10.3 Å². The Morgan fingerprint density at radius 3 is 2.65 bits per heavy atom. The summed E-state index contributed by atoms with van der Waals surface area (Å²) in [6, 6.07) is 5.34. The largest absolute Gasteiger partial charge is 0.344 e. The lowest BCUT2D eigenvalue weighted by Gasteiger charge is -2.08. The van der Waals surface area contributed by atoms with Crippen LogP contribution in [0.2, 0.25) is 0 Å². The standard InChI is InChI=1S/C15H13FN2O3S2/c1-9-13(14(19)18-12-6-7-23(20,21)8-12)22-15(17-9)10-2-4-11(16)5-3-10/h2-7,12H,8H2,1H3,(H,18,19)/t12-/m0/s1. The predicted octanol–water partition coefficient (Wildman–Crippen LogP) is 2.30. The number of aromatic nitrogens is 1. The van der Waals surface area contributed by atoms with E-state index in [0.717, 1.165) is 11.0 Å². The van der Waals surface area contributed by atoms with E-state index in [1.165, 1.54) is 29.5 Å². The van der Waals surface area contributed by atoms with Crippen LogP contribution in [0.5, 0.6) is 0 Å². The van der Waals surface area contributed by atoms with Gasteiger partial charge >= 0.3 is 0 Å². The molecule has 2 aromatic rings. The van der Waals surface area contributed by atoms with Gasteiger partial charge in [-0.1, -0.05) is 0 Å². The molecule has 1 N–H and O–H groups in total. The Morgan fingerprint density at radius 1 is 1.35 bits per heavy atom. The van der Waals surface area contributed by atoms with Crippen molar-refractivity contribution in [1.29, 1.82) is 0 Å². The maximum absolute atomic E-state index is 13.0. The van der Waals surface area contributed by atoms with Crippen molar-refractivity contribution in [3.63, 3.8) is 0 Å². The van der Waals surface area contributed by atoms with Crippen LogP contribution in [-0.4, -0.2) is 31.1 Å².